The SMILES string of the molecule is O=C1CCCC(C(O)CO)C(O)=C1O. The maximum absolute atomic E-state index is 11.1. The summed E-state index contributed by atoms with van der Waals surface area (Å²) >= 11 is 0. The lowest BCUT2D eigenvalue weighted by Crippen LogP contribution is -2.26. The molecule has 14 heavy (non-hydrogen) atoms. The first-order valence-corrected chi connectivity index (χ1v) is 4.52. The van der Waals surface area contributed by atoms with Crippen molar-refractivity contribution in [3.63, 3.8) is 0 Å². The first-order valence-electron chi connectivity index (χ1n) is 4.52. The van der Waals surface area contributed by atoms with E-state index in [4.69, 9.17) is 5.11 Å². The second-order valence-corrected chi connectivity index (χ2v) is 3.41. The van der Waals surface area contributed by atoms with Gasteiger partial charge < -0.3 is 20.4 Å². The average molecular weight is 202 g/mol. The van der Waals surface area contributed by atoms with Crippen LogP contribution in [0.15, 0.2) is 11.5 Å². The lowest BCUT2D eigenvalue weighted by atomic mass is 9.96. The molecule has 5 nitrogen and oxygen atoms in total. The molecule has 2 atom stereocenters. The number of carbonyl (C=O) groups excluding carboxylic acids is 1. The van der Waals surface area contributed by atoms with Gasteiger partial charge in [0.1, 0.15) is 5.76 Å². The number of rotatable bonds is 2. The van der Waals surface area contributed by atoms with Crippen LogP contribution in [0.3, 0.4) is 0 Å². The summed E-state index contributed by atoms with van der Waals surface area (Å²) in [6, 6.07) is 0. The van der Waals surface area contributed by atoms with E-state index in [9.17, 15) is 20.1 Å². The Morgan fingerprint density at radius 1 is 1.43 bits per heavy atom. The van der Waals surface area contributed by atoms with Crippen LogP contribution in [0.4, 0.5) is 0 Å². The van der Waals surface area contributed by atoms with Gasteiger partial charge in [0.05, 0.1) is 12.7 Å². The molecule has 1 aliphatic carbocycles. The molecular formula is C9H14O5. The van der Waals surface area contributed by atoms with E-state index < -0.39 is 35.9 Å². The minimum absolute atomic E-state index is 0.157. The smallest absolute Gasteiger partial charge is 0.200 e. The lowest BCUT2D eigenvalue weighted by Gasteiger charge is -2.18. The zero-order valence-electron chi connectivity index (χ0n) is 7.68. The standard InChI is InChI=1S/C9H14O5/c10-4-7(12)5-2-1-3-6(11)9(14)8(5)13/h5,7,10,12-14H,1-4H2. The number of ketones is 1. The summed E-state index contributed by atoms with van der Waals surface area (Å²) in [6.07, 6.45) is -0.120. The van der Waals surface area contributed by atoms with Gasteiger partial charge in [-0.2, -0.15) is 0 Å². The fraction of sp³-hybridized carbons (Fsp3) is 0.667. The maximum atomic E-state index is 11.1. The summed E-state index contributed by atoms with van der Waals surface area (Å²) in [5, 5.41) is 36.7. The van der Waals surface area contributed by atoms with E-state index in [-0.39, 0.29) is 6.42 Å². The highest BCUT2D eigenvalue weighted by atomic mass is 16.3. The number of carbonyl (C=O) groups is 1. The van der Waals surface area contributed by atoms with E-state index in [1.165, 1.54) is 0 Å². The zero-order chi connectivity index (χ0) is 10.7. The second kappa shape index (κ2) is 4.43. The van der Waals surface area contributed by atoms with Crippen LogP contribution in [0.2, 0.25) is 0 Å². The quantitative estimate of drug-likeness (QED) is 0.506. The molecule has 1 rings (SSSR count). The van der Waals surface area contributed by atoms with Crippen molar-refractivity contribution in [2.75, 3.05) is 6.61 Å². The van der Waals surface area contributed by atoms with Gasteiger partial charge in [-0.05, 0) is 12.8 Å². The molecule has 80 valence electrons. The number of Topliss-reactive ketones (excluding diaryl/α,β-unsaturated/α-hetero) is 1. The van der Waals surface area contributed by atoms with Crippen LogP contribution in [-0.4, -0.2) is 38.9 Å². The first-order chi connectivity index (χ1) is 6.57. The van der Waals surface area contributed by atoms with Crippen LogP contribution in [0, 0.1) is 5.92 Å². The molecule has 4 N–H and O–H groups in total. The number of aliphatic hydroxyl groups excluding tert-OH is 4. The number of allylic oxidation sites excluding steroid dienone is 1. The van der Waals surface area contributed by atoms with Crippen molar-refractivity contribution in [2.24, 2.45) is 5.92 Å². The van der Waals surface area contributed by atoms with Gasteiger partial charge >= 0.3 is 0 Å². The second-order valence-electron chi connectivity index (χ2n) is 3.41. The molecule has 0 aromatic heterocycles. The Labute approximate surface area is 81.3 Å². The molecular weight excluding hydrogens is 188 g/mol. The number of aliphatic hydroxyl groups is 4. The summed E-state index contributed by atoms with van der Waals surface area (Å²) in [7, 11) is 0. The fourth-order valence-corrected chi connectivity index (χ4v) is 1.56. The monoisotopic (exact) mass is 202 g/mol. The van der Waals surface area contributed by atoms with Crippen molar-refractivity contribution in [1.29, 1.82) is 0 Å². The third-order valence-electron chi connectivity index (χ3n) is 2.43. The summed E-state index contributed by atoms with van der Waals surface area (Å²) in [6.45, 7) is -0.504. The third-order valence-corrected chi connectivity index (χ3v) is 2.43. The van der Waals surface area contributed by atoms with Crippen LogP contribution >= 0.6 is 0 Å². The summed E-state index contributed by atoms with van der Waals surface area (Å²) in [5.41, 5.74) is 0. The van der Waals surface area contributed by atoms with Crippen LogP contribution in [0.25, 0.3) is 0 Å². The molecule has 0 radical (unpaired) electrons. The predicted octanol–water partition coefficient (Wildman–Crippen LogP) is 0.0364. The highest BCUT2D eigenvalue weighted by Gasteiger charge is 2.30. The normalized spacial score (nSPS) is 26.1. The van der Waals surface area contributed by atoms with Crippen molar-refractivity contribution in [2.45, 2.75) is 25.4 Å². The Morgan fingerprint density at radius 2 is 2.07 bits per heavy atom. The van der Waals surface area contributed by atoms with Gasteiger partial charge in [0.25, 0.3) is 0 Å². The number of hydrogen-bond acceptors (Lipinski definition) is 5. The van der Waals surface area contributed by atoms with Crippen LogP contribution in [0.5, 0.6) is 0 Å². The van der Waals surface area contributed by atoms with Gasteiger partial charge in [-0.3, -0.25) is 4.79 Å². The van der Waals surface area contributed by atoms with Gasteiger partial charge in [0.2, 0.25) is 5.78 Å². The molecule has 0 bridgehead atoms. The number of hydrogen-bond donors (Lipinski definition) is 4. The molecule has 0 saturated carbocycles. The van der Waals surface area contributed by atoms with E-state index in [2.05, 4.69) is 0 Å². The Hall–Kier alpha value is -1.07. The van der Waals surface area contributed by atoms with Gasteiger partial charge in [0, 0.05) is 12.3 Å². The molecule has 1 aliphatic rings. The Morgan fingerprint density at radius 3 is 2.64 bits per heavy atom. The summed E-state index contributed by atoms with van der Waals surface area (Å²) < 4.78 is 0. The van der Waals surface area contributed by atoms with E-state index in [1.807, 2.05) is 0 Å². The molecule has 2 unspecified atom stereocenters. The summed E-state index contributed by atoms with van der Waals surface area (Å²) in [5.74, 6) is -2.45. The van der Waals surface area contributed by atoms with E-state index in [1.54, 1.807) is 0 Å². The van der Waals surface area contributed by atoms with Crippen molar-refractivity contribution in [3.05, 3.63) is 11.5 Å². The van der Waals surface area contributed by atoms with E-state index in [0.29, 0.717) is 12.8 Å². The van der Waals surface area contributed by atoms with E-state index in [0.717, 1.165) is 0 Å². The topological polar surface area (TPSA) is 98.0 Å². The lowest BCUT2D eigenvalue weighted by molar-refractivity contribution is -0.118. The van der Waals surface area contributed by atoms with E-state index >= 15 is 0 Å². The predicted molar refractivity (Wildman–Crippen MR) is 47.7 cm³/mol. The minimum Gasteiger partial charge on any atom is -0.508 e. The fourth-order valence-electron chi connectivity index (χ4n) is 1.56. The summed E-state index contributed by atoms with van der Waals surface area (Å²) in [4.78, 5) is 11.1. The van der Waals surface area contributed by atoms with Crippen molar-refractivity contribution in [1.82, 2.24) is 0 Å². The van der Waals surface area contributed by atoms with Crippen molar-refractivity contribution < 1.29 is 25.2 Å². The molecule has 0 spiro atoms. The van der Waals surface area contributed by atoms with Crippen LogP contribution in [0.1, 0.15) is 19.3 Å². The highest BCUT2D eigenvalue weighted by Crippen LogP contribution is 2.26. The van der Waals surface area contributed by atoms with Gasteiger partial charge in [-0.15, -0.1) is 0 Å². The molecule has 0 aliphatic heterocycles. The first kappa shape index (κ1) is 11.0. The van der Waals surface area contributed by atoms with Crippen LogP contribution < -0.4 is 0 Å². The molecule has 0 aromatic carbocycles. The van der Waals surface area contributed by atoms with Crippen molar-refractivity contribution in [3.8, 4) is 0 Å². The van der Waals surface area contributed by atoms with Gasteiger partial charge in [-0.1, -0.05) is 0 Å². The zero-order valence-corrected chi connectivity index (χ0v) is 7.68. The molecule has 0 fully saturated rings. The third kappa shape index (κ3) is 2.05. The Balaban J connectivity index is 2.91. The molecule has 5 heteroatoms. The average Bonchev–Trinajstić information content (AvgIpc) is 2.31. The molecule has 0 amide bonds. The van der Waals surface area contributed by atoms with Crippen LogP contribution in [-0.2, 0) is 4.79 Å². The van der Waals surface area contributed by atoms with Crippen molar-refractivity contribution >= 4 is 5.78 Å². The van der Waals surface area contributed by atoms with Gasteiger partial charge in [0.15, 0.2) is 5.76 Å². The molecule has 0 saturated heterocycles. The maximum Gasteiger partial charge on any atom is 0.200 e. The Kier molecular flexibility index (Phi) is 3.49. The van der Waals surface area contributed by atoms with Gasteiger partial charge in [-0.25, -0.2) is 0 Å². The molecule has 0 heterocycles. The molecule has 0 aromatic rings. The highest BCUT2D eigenvalue weighted by molar-refractivity contribution is 5.93. The Bertz CT molecular complexity index is 258. The minimum atomic E-state index is -1.14. The largest absolute Gasteiger partial charge is 0.508 e.